The first-order valence-electron chi connectivity index (χ1n) is 7.32. The molecule has 0 unspecified atom stereocenters. The van der Waals surface area contributed by atoms with Crippen molar-refractivity contribution in [2.75, 3.05) is 11.9 Å². The lowest BCUT2D eigenvalue weighted by Crippen LogP contribution is -2.31. The van der Waals surface area contributed by atoms with Crippen molar-refractivity contribution in [3.05, 3.63) is 42.3 Å². The summed E-state index contributed by atoms with van der Waals surface area (Å²) < 4.78 is 18.4. The van der Waals surface area contributed by atoms with Gasteiger partial charge in [0.25, 0.3) is 0 Å². The van der Waals surface area contributed by atoms with Gasteiger partial charge in [-0.2, -0.15) is 4.98 Å². The highest BCUT2D eigenvalue weighted by Crippen LogP contribution is 2.19. The van der Waals surface area contributed by atoms with Crippen molar-refractivity contribution >= 4 is 11.9 Å². The molecular weight excluding hydrogens is 299 g/mol. The van der Waals surface area contributed by atoms with Gasteiger partial charge in [-0.1, -0.05) is 0 Å². The molecule has 23 heavy (non-hydrogen) atoms. The molecule has 1 aromatic carbocycles. The Bertz CT molecular complexity index is 647. The number of carbonyl (C=O) groups excluding carboxylic acids is 1. The van der Waals surface area contributed by atoms with Gasteiger partial charge >= 0.3 is 0 Å². The minimum absolute atomic E-state index is 0.0359. The van der Waals surface area contributed by atoms with Gasteiger partial charge < -0.3 is 15.4 Å². The first-order valence-corrected chi connectivity index (χ1v) is 7.32. The van der Waals surface area contributed by atoms with E-state index in [0.717, 1.165) is 0 Å². The third-order valence-electron chi connectivity index (χ3n) is 2.75. The summed E-state index contributed by atoms with van der Waals surface area (Å²) >= 11 is 0. The zero-order valence-electron chi connectivity index (χ0n) is 13.0. The minimum atomic E-state index is -0.331. The molecule has 0 atom stereocenters. The number of hydrogen-bond donors (Lipinski definition) is 2. The van der Waals surface area contributed by atoms with Crippen LogP contribution in [0.4, 0.5) is 10.3 Å². The van der Waals surface area contributed by atoms with Crippen LogP contribution in [0, 0.1) is 5.82 Å². The van der Waals surface area contributed by atoms with E-state index in [9.17, 15) is 9.18 Å². The number of hydrogen-bond acceptors (Lipinski definition) is 5. The Hall–Kier alpha value is -2.70. The van der Waals surface area contributed by atoms with Gasteiger partial charge in [0.15, 0.2) is 0 Å². The predicted octanol–water partition coefficient (Wildman–Crippen LogP) is 2.73. The number of nitrogens with one attached hydrogen (secondary N) is 2. The quantitative estimate of drug-likeness (QED) is 0.821. The van der Waals surface area contributed by atoms with E-state index >= 15 is 0 Å². The fourth-order valence-electron chi connectivity index (χ4n) is 1.79. The monoisotopic (exact) mass is 318 g/mol. The topological polar surface area (TPSA) is 76.1 Å². The summed E-state index contributed by atoms with van der Waals surface area (Å²) in [6.07, 6.45) is 1.87. The highest BCUT2D eigenvalue weighted by molar-refractivity contribution is 5.76. The van der Waals surface area contributed by atoms with Crippen LogP contribution in [0.15, 0.2) is 36.5 Å². The highest BCUT2D eigenvalue weighted by atomic mass is 19.1. The molecule has 0 bridgehead atoms. The maximum Gasteiger partial charge on any atom is 0.225 e. The van der Waals surface area contributed by atoms with Gasteiger partial charge in [-0.25, -0.2) is 9.37 Å². The lowest BCUT2D eigenvalue weighted by Gasteiger charge is -2.09. The van der Waals surface area contributed by atoms with Crippen LogP contribution in [0.5, 0.6) is 11.6 Å². The number of halogens is 1. The number of benzene rings is 1. The van der Waals surface area contributed by atoms with Crippen LogP contribution in [0.2, 0.25) is 0 Å². The van der Waals surface area contributed by atoms with Crippen LogP contribution < -0.4 is 15.4 Å². The SMILES string of the molecule is CC(C)NC(=O)CCNc1nccc(Oc2ccc(F)cc2)n1. The van der Waals surface area contributed by atoms with Gasteiger partial charge in [0, 0.05) is 31.3 Å². The summed E-state index contributed by atoms with van der Waals surface area (Å²) in [5.41, 5.74) is 0. The molecule has 0 aliphatic carbocycles. The number of amides is 1. The Kier molecular flexibility index (Phi) is 5.85. The van der Waals surface area contributed by atoms with Gasteiger partial charge in [-0.3, -0.25) is 4.79 Å². The molecule has 122 valence electrons. The largest absolute Gasteiger partial charge is 0.439 e. The Morgan fingerprint density at radius 1 is 1.26 bits per heavy atom. The van der Waals surface area contributed by atoms with Crippen LogP contribution in [0.25, 0.3) is 0 Å². The maximum atomic E-state index is 12.8. The summed E-state index contributed by atoms with van der Waals surface area (Å²) in [6, 6.07) is 7.36. The summed E-state index contributed by atoms with van der Waals surface area (Å²) in [5.74, 6) is 0.809. The number of nitrogens with zero attached hydrogens (tertiary/aromatic N) is 2. The van der Waals surface area contributed by atoms with Crippen molar-refractivity contribution in [2.45, 2.75) is 26.3 Å². The standard InChI is InChI=1S/C16H19FN4O2/c1-11(2)20-14(22)7-9-18-16-19-10-8-15(21-16)23-13-5-3-12(17)4-6-13/h3-6,8,10-11H,7,9H2,1-2H3,(H,20,22)(H,18,19,21). The molecule has 2 aromatic rings. The molecule has 0 fully saturated rings. The molecule has 2 N–H and O–H groups in total. The van der Waals surface area contributed by atoms with E-state index in [0.29, 0.717) is 30.5 Å². The lowest BCUT2D eigenvalue weighted by molar-refractivity contribution is -0.121. The molecule has 7 heteroatoms. The van der Waals surface area contributed by atoms with Crippen molar-refractivity contribution in [3.63, 3.8) is 0 Å². The molecule has 2 rings (SSSR count). The second kappa shape index (κ2) is 8.07. The van der Waals surface area contributed by atoms with Crippen molar-refractivity contribution < 1.29 is 13.9 Å². The molecule has 0 saturated heterocycles. The maximum absolute atomic E-state index is 12.8. The van der Waals surface area contributed by atoms with E-state index in [-0.39, 0.29) is 17.8 Å². The molecule has 0 spiro atoms. The Balaban J connectivity index is 1.87. The van der Waals surface area contributed by atoms with Crippen molar-refractivity contribution in [2.24, 2.45) is 0 Å². The zero-order chi connectivity index (χ0) is 16.7. The fraction of sp³-hybridized carbons (Fsp3) is 0.312. The van der Waals surface area contributed by atoms with Crippen molar-refractivity contribution in [1.29, 1.82) is 0 Å². The molecule has 0 saturated carbocycles. The van der Waals surface area contributed by atoms with Crippen LogP contribution >= 0.6 is 0 Å². The van der Waals surface area contributed by atoms with Gasteiger partial charge in [0.2, 0.25) is 17.7 Å². The third kappa shape index (κ3) is 5.90. The zero-order valence-corrected chi connectivity index (χ0v) is 13.0. The molecular formula is C16H19FN4O2. The number of carbonyl (C=O) groups is 1. The van der Waals surface area contributed by atoms with Gasteiger partial charge in [-0.15, -0.1) is 0 Å². The molecule has 1 aromatic heterocycles. The summed E-state index contributed by atoms with van der Waals surface area (Å²) in [7, 11) is 0. The summed E-state index contributed by atoms with van der Waals surface area (Å²) in [6.45, 7) is 4.23. The van der Waals surface area contributed by atoms with E-state index in [1.807, 2.05) is 13.8 Å². The van der Waals surface area contributed by atoms with Crippen LogP contribution in [-0.2, 0) is 4.79 Å². The number of anilines is 1. The predicted molar refractivity (Wildman–Crippen MR) is 84.9 cm³/mol. The summed E-state index contributed by atoms with van der Waals surface area (Å²) in [4.78, 5) is 19.8. The van der Waals surface area contributed by atoms with E-state index in [1.54, 1.807) is 12.3 Å². The van der Waals surface area contributed by atoms with Gasteiger partial charge in [0.05, 0.1) is 0 Å². The Morgan fingerprint density at radius 2 is 2.00 bits per heavy atom. The average Bonchev–Trinajstić information content (AvgIpc) is 2.49. The van der Waals surface area contributed by atoms with Crippen LogP contribution in [-0.4, -0.2) is 28.5 Å². The molecule has 0 aliphatic rings. The second-order valence-electron chi connectivity index (χ2n) is 5.17. The highest BCUT2D eigenvalue weighted by Gasteiger charge is 2.05. The molecule has 1 heterocycles. The smallest absolute Gasteiger partial charge is 0.225 e. The minimum Gasteiger partial charge on any atom is -0.439 e. The normalized spacial score (nSPS) is 10.4. The molecule has 0 radical (unpaired) electrons. The van der Waals surface area contributed by atoms with E-state index in [4.69, 9.17) is 4.74 Å². The van der Waals surface area contributed by atoms with Crippen LogP contribution in [0.3, 0.4) is 0 Å². The lowest BCUT2D eigenvalue weighted by atomic mass is 10.3. The first-order chi connectivity index (χ1) is 11.0. The molecule has 1 amide bonds. The van der Waals surface area contributed by atoms with Crippen LogP contribution in [0.1, 0.15) is 20.3 Å². The van der Waals surface area contributed by atoms with Gasteiger partial charge in [0.1, 0.15) is 11.6 Å². The van der Waals surface area contributed by atoms with Gasteiger partial charge in [-0.05, 0) is 38.1 Å². The third-order valence-corrected chi connectivity index (χ3v) is 2.75. The van der Waals surface area contributed by atoms with E-state index < -0.39 is 0 Å². The Labute approximate surface area is 134 Å². The molecule has 0 aliphatic heterocycles. The van der Waals surface area contributed by atoms with Crippen molar-refractivity contribution in [1.82, 2.24) is 15.3 Å². The number of aromatic nitrogens is 2. The number of ether oxygens (including phenoxy) is 1. The van der Waals surface area contributed by atoms with E-state index in [1.165, 1.54) is 24.3 Å². The molecule has 6 nitrogen and oxygen atoms in total. The summed E-state index contributed by atoms with van der Waals surface area (Å²) in [5, 5.41) is 5.76. The van der Waals surface area contributed by atoms with Crippen molar-refractivity contribution in [3.8, 4) is 11.6 Å². The number of rotatable bonds is 7. The Morgan fingerprint density at radius 3 is 2.70 bits per heavy atom. The van der Waals surface area contributed by atoms with E-state index in [2.05, 4.69) is 20.6 Å². The average molecular weight is 318 g/mol. The fourth-order valence-corrected chi connectivity index (χ4v) is 1.79. The second-order valence-corrected chi connectivity index (χ2v) is 5.17. The first kappa shape index (κ1) is 16.7.